The zero-order valence-electron chi connectivity index (χ0n) is 16.9. The second kappa shape index (κ2) is 10.6. The molecule has 0 aliphatic heterocycles. The number of carbonyl (C=O) groups is 2. The van der Waals surface area contributed by atoms with Crippen LogP contribution in [0.5, 0.6) is 0 Å². The number of nitrogens with two attached hydrogens (primary N) is 2. The van der Waals surface area contributed by atoms with Crippen molar-refractivity contribution in [3.63, 3.8) is 0 Å². The van der Waals surface area contributed by atoms with Gasteiger partial charge in [-0.25, -0.2) is 0 Å². The van der Waals surface area contributed by atoms with Crippen LogP contribution in [0.2, 0.25) is 0 Å². The van der Waals surface area contributed by atoms with E-state index in [0.717, 1.165) is 41.8 Å². The Morgan fingerprint density at radius 2 is 1.60 bits per heavy atom. The minimum atomic E-state index is -0.276. The van der Waals surface area contributed by atoms with E-state index in [0.29, 0.717) is 24.2 Å². The predicted molar refractivity (Wildman–Crippen MR) is 125 cm³/mol. The molecule has 30 heavy (non-hydrogen) atoms. The van der Waals surface area contributed by atoms with Crippen LogP contribution in [0.15, 0.2) is 66.0 Å². The minimum absolute atomic E-state index is 0.00568. The fourth-order valence-electron chi connectivity index (χ4n) is 3.37. The van der Waals surface area contributed by atoms with E-state index < -0.39 is 0 Å². The van der Waals surface area contributed by atoms with Gasteiger partial charge in [0.25, 0.3) is 0 Å². The summed E-state index contributed by atoms with van der Waals surface area (Å²) < 4.78 is 0. The van der Waals surface area contributed by atoms with E-state index >= 15 is 0 Å². The predicted octanol–water partition coefficient (Wildman–Crippen LogP) is 5.49. The van der Waals surface area contributed by atoms with Gasteiger partial charge in [-0.3, -0.25) is 14.5 Å². The molecule has 6 heteroatoms. The molecule has 0 unspecified atom stereocenters. The first-order valence-electron chi connectivity index (χ1n) is 10.2. The number of carbonyl (C=O) groups excluding carboxylic acids is 2. The van der Waals surface area contributed by atoms with Crippen LogP contribution in [-0.2, 0) is 9.59 Å². The number of benzene rings is 2. The summed E-state index contributed by atoms with van der Waals surface area (Å²) >= 11 is 1.65. The lowest BCUT2D eigenvalue weighted by Crippen LogP contribution is -2.26. The van der Waals surface area contributed by atoms with Crippen molar-refractivity contribution >= 4 is 40.2 Å². The van der Waals surface area contributed by atoms with Crippen LogP contribution in [0, 0.1) is 0 Å². The van der Waals surface area contributed by atoms with Crippen molar-refractivity contribution in [1.29, 1.82) is 0 Å². The van der Waals surface area contributed by atoms with Gasteiger partial charge in [0.1, 0.15) is 0 Å². The summed E-state index contributed by atoms with van der Waals surface area (Å²) in [4.78, 5) is 26.9. The Labute approximate surface area is 181 Å². The van der Waals surface area contributed by atoms with Gasteiger partial charge in [-0.2, -0.15) is 0 Å². The third kappa shape index (κ3) is 5.70. The molecule has 0 aliphatic carbocycles. The fraction of sp³-hybridized carbons (Fsp3) is 0.250. The molecule has 0 fully saturated rings. The number of rotatable bonds is 10. The van der Waals surface area contributed by atoms with E-state index in [1.165, 1.54) is 0 Å². The first kappa shape index (κ1) is 21.6. The van der Waals surface area contributed by atoms with Crippen molar-refractivity contribution < 1.29 is 9.59 Å². The van der Waals surface area contributed by atoms with Crippen molar-refractivity contribution in [2.75, 3.05) is 10.6 Å². The highest BCUT2D eigenvalue weighted by atomic mass is 32.1. The number of para-hydroxylation sites is 1. The average Bonchev–Trinajstić information content (AvgIpc) is 3.27. The van der Waals surface area contributed by atoms with Crippen LogP contribution in [-0.4, -0.2) is 11.8 Å². The normalized spacial score (nSPS) is 10.7. The van der Waals surface area contributed by atoms with Gasteiger partial charge >= 0.3 is 0 Å². The number of unbranched alkanes of at least 4 members (excludes halogenated alkanes) is 3. The Hall–Kier alpha value is -3.12. The first-order chi connectivity index (χ1) is 14.6. The third-order valence-corrected chi connectivity index (χ3v) is 5.82. The summed E-state index contributed by atoms with van der Waals surface area (Å²) in [6, 6.07) is 19.5. The fourth-order valence-corrected chi connectivity index (χ4v) is 4.09. The SMILES string of the molecule is NC(=O)CCCCCCC(=O)N(c1ccccc1)c1cc(-c2cccs2)ccc1N. The highest BCUT2D eigenvalue weighted by molar-refractivity contribution is 7.13. The average molecular weight is 422 g/mol. The minimum Gasteiger partial charge on any atom is -0.397 e. The topological polar surface area (TPSA) is 89.4 Å². The molecule has 2 aromatic carbocycles. The Bertz CT molecular complexity index is 971. The van der Waals surface area contributed by atoms with E-state index in [-0.39, 0.29) is 11.8 Å². The molecule has 0 bridgehead atoms. The zero-order valence-corrected chi connectivity index (χ0v) is 17.7. The molecular weight excluding hydrogens is 394 g/mol. The number of hydrogen-bond acceptors (Lipinski definition) is 4. The molecular formula is C24H27N3O2S. The van der Waals surface area contributed by atoms with Crippen molar-refractivity contribution in [1.82, 2.24) is 0 Å². The molecule has 0 spiro atoms. The van der Waals surface area contributed by atoms with Gasteiger partial charge in [0.2, 0.25) is 11.8 Å². The van der Waals surface area contributed by atoms with Gasteiger partial charge < -0.3 is 11.5 Å². The van der Waals surface area contributed by atoms with Crippen molar-refractivity contribution in [2.24, 2.45) is 5.73 Å². The molecule has 4 N–H and O–H groups in total. The molecule has 1 aromatic heterocycles. The van der Waals surface area contributed by atoms with Crippen LogP contribution in [0.4, 0.5) is 17.1 Å². The van der Waals surface area contributed by atoms with Crippen LogP contribution in [0.1, 0.15) is 38.5 Å². The molecule has 3 rings (SSSR count). The number of nitrogen functional groups attached to an aromatic ring is 1. The van der Waals surface area contributed by atoms with Gasteiger partial charge in [-0.1, -0.05) is 43.2 Å². The maximum Gasteiger partial charge on any atom is 0.231 e. The van der Waals surface area contributed by atoms with E-state index in [4.69, 9.17) is 11.5 Å². The molecule has 0 saturated heterocycles. The zero-order chi connectivity index (χ0) is 21.3. The van der Waals surface area contributed by atoms with Crippen molar-refractivity contribution in [3.8, 4) is 10.4 Å². The molecule has 0 aliphatic rings. The highest BCUT2D eigenvalue weighted by Gasteiger charge is 2.20. The summed E-state index contributed by atoms with van der Waals surface area (Å²) in [6.07, 6.45) is 4.10. The summed E-state index contributed by atoms with van der Waals surface area (Å²) in [7, 11) is 0. The molecule has 1 heterocycles. The molecule has 0 atom stereocenters. The van der Waals surface area contributed by atoms with Crippen molar-refractivity contribution in [2.45, 2.75) is 38.5 Å². The summed E-state index contributed by atoms with van der Waals surface area (Å²) in [5, 5.41) is 2.03. The highest BCUT2D eigenvalue weighted by Crippen LogP contribution is 2.36. The molecule has 156 valence electrons. The number of hydrogen-bond donors (Lipinski definition) is 2. The maximum atomic E-state index is 13.2. The molecule has 3 aromatic rings. The monoisotopic (exact) mass is 421 g/mol. The van der Waals surface area contributed by atoms with E-state index in [1.54, 1.807) is 16.2 Å². The van der Waals surface area contributed by atoms with Crippen LogP contribution < -0.4 is 16.4 Å². The Balaban J connectivity index is 1.79. The molecule has 0 radical (unpaired) electrons. The second-order valence-corrected chi connectivity index (χ2v) is 8.14. The second-order valence-electron chi connectivity index (χ2n) is 7.20. The lowest BCUT2D eigenvalue weighted by atomic mass is 10.1. The number of primary amides is 1. The third-order valence-electron chi connectivity index (χ3n) is 4.90. The van der Waals surface area contributed by atoms with Gasteiger partial charge in [0, 0.05) is 23.4 Å². The Kier molecular flexibility index (Phi) is 7.63. The van der Waals surface area contributed by atoms with Gasteiger partial charge in [0.05, 0.1) is 11.4 Å². The van der Waals surface area contributed by atoms with Crippen LogP contribution in [0.25, 0.3) is 10.4 Å². The maximum absolute atomic E-state index is 13.2. The number of amides is 2. The van der Waals surface area contributed by atoms with Gasteiger partial charge in [0.15, 0.2) is 0 Å². The van der Waals surface area contributed by atoms with Gasteiger partial charge in [-0.15, -0.1) is 11.3 Å². The summed E-state index contributed by atoms with van der Waals surface area (Å²) in [5.41, 5.74) is 14.6. The quantitative estimate of drug-likeness (QED) is 0.335. The lowest BCUT2D eigenvalue weighted by Gasteiger charge is -2.25. The standard InChI is InChI=1S/C24H27N3O2S/c25-20-15-14-18(22-11-8-16-30-22)17-21(20)27(19-9-4-3-5-10-19)24(29)13-7-2-1-6-12-23(26)28/h3-5,8-11,14-17H,1-2,6-7,12-13,25H2,(H2,26,28). The summed E-state index contributed by atoms with van der Waals surface area (Å²) in [5.74, 6) is -0.270. The number of anilines is 3. The van der Waals surface area contributed by atoms with Crippen LogP contribution >= 0.6 is 11.3 Å². The van der Waals surface area contributed by atoms with Gasteiger partial charge in [-0.05, 0) is 54.1 Å². The van der Waals surface area contributed by atoms with E-state index in [2.05, 4.69) is 6.07 Å². The van der Waals surface area contributed by atoms with Crippen LogP contribution in [0.3, 0.4) is 0 Å². The number of thiophene rings is 1. The Morgan fingerprint density at radius 1 is 0.867 bits per heavy atom. The Morgan fingerprint density at radius 3 is 2.27 bits per heavy atom. The molecule has 0 saturated carbocycles. The smallest absolute Gasteiger partial charge is 0.231 e. The molecule has 2 amide bonds. The molecule has 5 nitrogen and oxygen atoms in total. The first-order valence-corrected chi connectivity index (χ1v) is 11.0. The summed E-state index contributed by atoms with van der Waals surface area (Å²) in [6.45, 7) is 0. The lowest BCUT2D eigenvalue weighted by molar-refractivity contribution is -0.119. The number of nitrogens with zero attached hydrogens (tertiary/aromatic N) is 1. The largest absolute Gasteiger partial charge is 0.397 e. The van der Waals surface area contributed by atoms with Crippen molar-refractivity contribution in [3.05, 3.63) is 66.0 Å². The van der Waals surface area contributed by atoms with E-state index in [9.17, 15) is 9.59 Å². The van der Waals surface area contributed by atoms with E-state index in [1.807, 2.05) is 60.0 Å².